The number of hydrogen-bond acceptors (Lipinski definition) is 12. The van der Waals surface area contributed by atoms with Crippen LogP contribution in [0.1, 0.15) is 55.4 Å². The van der Waals surface area contributed by atoms with E-state index in [1.165, 1.54) is 13.8 Å². The van der Waals surface area contributed by atoms with Crippen molar-refractivity contribution in [3.63, 3.8) is 0 Å². The average Bonchev–Trinajstić information content (AvgIpc) is 2.68. The van der Waals surface area contributed by atoms with Crippen LogP contribution in [0.5, 0.6) is 0 Å². The minimum absolute atomic E-state index is 0.0153. The normalized spacial score (nSPS) is 10.8. The molecule has 0 N–H and O–H groups in total. The van der Waals surface area contributed by atoms with Gasteiger partial charge in [-0.1, -0.05) is 0 Å². The molecule has 0 saturated heterocycles. The van der Waals surface area contributed by atoms with E-state index in [9.17, 15) is 19.2 Å². The first-order valence-electron chi connectivity index (χ1n) is 10.8. The summed E-state index contributed by atoms with van der Waals surface area (Å²) in [6.07, 6.45) is -1.59. The minimum Gasteiger partial charge on any atom is -0.462 e. The van der Waals surface area contributed by atoms with Crippen molar-refractivity contribution in [1.82, 2.24) is 0 Å². The molecule has 0 spiro atoms. The van der Waals surface area contributed by atoms with E-state index in [2.05, 4.69) is 18.9 Å². The lowest BCUT2D eigenvalue weighted by atomic mass is 10.2. The first kappa shape index (κ1) is 33.6. The summed E-state index contributed by atoms with van der Waals surface area (Å²) in [4.78, 5) is 42.7. The third kappa shape index (κ3) is 31.6. The van der Waals surface area contributed by atoms with Gasteiger partial charge < -0.3 is 37.9 Å². The standard InChI is InChI=1S/2C11H20O6/c2*1-9(12)14-5-6-15-10(13)16-7-8-17-11(2,3)4/h2*5-8H2,1-4H3. The van der Waals surface area contributed by atoms with Gasteiger partial charge in [0.25, 0.3) is 0 Å². The molecule has 0 heterocycles. The third-order valence-electron chi connectivity index (χ3n) is 2.89. The molecule has 0 aromatic carbocycles. The predicted octanol–water partition coefficient (Wildman–Crippen LogP) is 3.04. The highest BCUT2D eigenvalue weighted by molar-refractivity contribution is 5.66. The number of rotatable bonds is 12. The van der Waals surface area contributed by atoms with Crippen molar-refractivity contribution >= 4 is 24.2 Å². The first-order valence-corrected chi connectivity index (χ1v) is 10.8. The fourth-order valence-electron chi connectivity index (χ4n) is 1.65. The van der Waals surface area contributed by atoms with Gasteiger partial charge in [0.05, 0.1) is 24.4 Å². The summed E-state index contributed by atoms with van der Waals surface area (Å²) in [6.45, 7) is 14.9. The molecular weight excluding hydrogens is 456 g/mol. The van der Waals surface area contributed by atoms with E-state index in [0.717, 1.165) is 0 Å². The van der Waals surface area contributed by atoms with Crippen molar-refractivity contribution in [2.75, 3.05) is 52.9 Å². The lowest BCUT2D eigenvalue weighted by Gasteiger charge is -2.19. The maximum Gasteiger partial charge on any atom is 0.508 e. The number of carbonyl (C=O) groups excluding carboxylic acids is 4. The van der Waals surface area contributed by atoms with E-state index < -0.39 is 24.2 Å². The van der Waals surface area contributed by atoms with E-state index in [1.54, 1.807) is 0 Å². The molecule has 0 aromatic rings. The Morgan fingerprint density at radius 3 is 0.912 bits per heavy atom. The molecule has 12 heteroatoms. The zero-order valence-corrected chi connectivity index (χ0v) is 21.6. The molecule has 0 aliphatic rings. The van der Waals surface area contributed by atoms with Crippen LogP contribution in [0.25, 0.3) is 0 Å². The van der Waals surface area contributed by atoms with E-state index in [4.69, 9.17) is 18.9 Å². The summed E-state index contributed by atoms with van der Waals surface area (Å²) < 4.78 is 38.5. The molecule has 0 bridgehead atoms. The number of carbonyl (C=O) groups is 4. The van der Waals surface area contributed by atoms with Crippen LogP contribution in [0.15, 0.2) is 0 Å². The smallest absolute Gasteiger partial charge is 0.462 e. The van der Waals surface area contributed by atoms with E-state index in [0.29, 0.717) is 13.2 Å². The van der Waals surface area contributed by atoms with Gasteiger partial charge in [0.2, 0.25) is 0 Å². The Morgan fingerprint density at radius 2 is 0.676 bits per heavy atom. The van der Waals surface area contributed by atoms with Crippen LogP contribution in [0, 0.1) is 0 Å². The maximum atomic E-state index is 11.0. The highest BCUT2D eigenvalue weighted by Gasteiger charge is 2.11. The molecule has 0 atom stereocenters. The van der Waals surface area contributed by atoms with Gasteiger partial charge >= 0.3 is 24.2 Å². The summed E-state index contributed by atoms with van der Waals surface area (Å²) in [5.74, 6) is -0.832. The summed E-state index contributed by atoms with van der Waals surface area (Å²) in [7, 11) is 0. The minimum atomic E-state index is -0.797. The van der Waals surface area contributed by atoms with Gasteiger partial charge in [0.1, 0.15) is 39.6 Å². The molecule has 12 nitrogen and oxygen atoms in total. The van der Waals surface area contributed by atoms with Gasteiger partial charge in [-0.2, -0.15) is 0 Å². The van der Waals surface area contributed by atoms with E-state index >= 15 is 0 Å². The number of ether oxygens (including phenoxy) is 8. The zero-order chi connectivity index (χ0) is 26.6. The Hall–Kier alpha value is -2.60. The highest BCUT2D eigenvalue weighted by atomic mass is 16.7. The second-order valence-corrected chi connectivity index (χ2v) is 8.50. The molecule has 0 aromatic heterocycles. The summed E-state index contributed by atoms with van der Waals surface area (Å²) in [5, 5.41) is 0. The van der Waals surface area contributed by atoms with Gasteiger partial charge in [-0.05, 0) is 41.5 Å². The van der Waals surface area contributed by atoms with Crippen LogP contribution in [0.2, 0.25) is 0 Å². The Kier molecular flexibility index (Phi) is 18.5. The molecule has 0 fully saturated rings. The van der Waals surface area contributed by atoms with Crippen LogP contribution in [0.3, 0.4) is 0 Å². The van der Waals surface area contributed by atoms with E-state index in [1.807, 2.05) is 41.5 Å². The second-order valence-electron chi connectivity index (χ2n) is 8.50. The van der Waals surface area contributed by atoms with Crippen molar-refractivity contribution in [1.29, 1.82) is 0 Å². The quantitative estimate of drug-likeness (QED) is 0.223. The molecule has 0 aliphatic heterocycles. The molecular formula is C22H40O12. The van der Waals surface area contributed by atoms with Crippen molar-refractivity contribution in [3.05, 3.63) is 0 Å². The van der Waals surface area contributed by atoms with Gasteiger partial charge in [-0.3, -0.25) is 9.59 Å². The SMILES string of the molecule is CC(=O)OCCOC(=O)OCCOC(C)(C)C.CC(=O)OCCOC(=O)OCCOC(C)(C)C. The van der Waals surface area contributed by atoms with Crippen LogP contribution in [-0.2, 0) is 47.5 Å². The lowest BCUT2D eigenvalue weighted by molar-refractivity contribution is -0.143. The Bertz CT molecular complexity index is 538. The van der Waals surface area contributed by atoms with Crippen LogP contribution >= 0.6 is 0 Å². The highest BCUT2D eigenvalue weighted by Crippen LogP contribution is 2.06. The molecule has 0 unspecified atom stereocenters. The van der Waals surface area contributed by atoms with Crippen LogP contribution < -0.4 is 0 Å². The van der Waals surface area contributed by atoms with Crippen molar-refractivity contribution < 1.29 is 57.1 Å². The van der Waals surface area contributed by atoms with Crippen molar-refractivity contribution in [2.24, 2.45) is 0 Å². The molecule has 200 valence electrons. The van der Waals surface area contributed by atoms with Crippen molar-refractivity contribution in [3.8, 4) is 0 Å². The topological polar surface area (TPSA) is 142 Å². The lowest BCUT2D eigenvalue weighted by Crippen LogP contribution is -2.23. The summed E-state index contributed by atoms with van der Waals surface area (Å²) in [5.41, 5.74) is -0.523. The maximum absolute atomic E-state index is 11.0. The molecule has 0 radical (unpaired) electrons. The Balaban J connectivity index is 0. The number of hydrogen-bond donors (Lipinski definition) is 0. The molecule has 0 rings (SSSR count). The van der Waals surface area contributed by atoms with Gasteiger partial charge in [0, 0.05) is 13.8 Å². The molecule has 0 amide bonds. The van der Waals surface area contributed by atoms with Gasteiger partial charge in [-0.15, -0.1) is 0 Å². The van der Waals surface area contributed by atoms with Crippen LogP contribution in [-0.4, -0.2) is 88.3 Å². The van der Waals surface area contributed by atoms with Crippen molar-refractivity contribution in [2.45, 2.75) is 66.6 Å². The largest absolute Gasteiger partial charge is 0.508 e. The monoisotopic (exact) mass is 496 g/mol. The summed E-state index contributed by atoms with van der Waals surface area (Å²) >= 11 is 0. The van der Waals surface area contributed by atoms with Gasteiger partial charge in [-0.25, -0.2) is 9.59 Å². The fraction of sp³-hybridized carbons (Fsp3) is 0.818. The zero-order valence-electron chi connectivity index (χ0n) is 21.6. The Labute approximate surface area is 201 Å². The Morgan fingerprint density at radius 1 is 0.441 bits per heavy atom. The number of esters is 2. The average molecular weight is 497 g/mol. The predicted molar refractivity (Wildman–Crippen MR) is 119 cm³/mol. The van der Waals surface area contributed by atoms with E-state index in [-0.39, 0.29) is 50.8 Å². The third-order valence-corrected chi connectivity index (χ3v) is 2.89. The first-order chi connectivity index (χ1) is 15.6. The fourth-order valence-corrected chi connectivity index (χ4v) is 1.65. The van der Waals surface area contributed by atoms with Gasteiger partial charge in [0.15, 0.2) is 0 Å². The molecule has 0 saturated carbocycles. The van der Waals surface area contributed by atoms with Crippen LogP contribution in [0.4, 0.5) is 9.59 Å². The molecule has 34 heavy (non-hydrogen) atoms. The summed E-state index contributed by atoms with van der Waals surface area (Å²) in [6, 6.07) is 0. The second kappa shape index (κ2) is 18.8. The molecule has 0 aliphatic carbocycles.